The van der Waals surface area contributed by atoms with Crippen molar-refractivity contribution in [3.8, 4) is 33.4 Å². The molecule has 0 saturated heterocycles. The van der Waals surface area contributed by atoms with Crippen molar-refractivity contribution >= 4 is 12.9 Å². The van der Waals surface area contributed by atoms with E-state index in [-0.39, 0.29) is 0 Å². The van der Waals surface area contributed by atoms with Gasteiger partial charge in [0.05, 0.1) is 11.2 Å². The summed E-state index contributed by atoms with van der Waals surface area (Å²) in [4.78, 5) is 0. The minimum absolute atomic E-state index is 0.767. The van der Waals surface area contributed by atoms with E-state index in [0.29, 0.717) is 0 Å². The molecule has 0 aliphatic carbocycles. The van der Waals surface area contributed by atoms with Gasteiger partial charge in [0, 0.05) is 0 Å². The van der Waals surface area contributed by atoms with Crippen molar-refractivity contribution in [2.24, 2.45) is 0 Å². The zero-order valence-corrected chi connectivity index (χ0v) is 19.7. The monoisotopic (exact) mass is 433 g/mol. The lowest BCUT2D eigenvalue weighted by Crippen LogP contribution is -2.49. The van der Waals surface area contributed by atoms with E-state index in [0.717, 1.165) is 38.8 Å². The second-order valence-electron chi connectivity index (χ2n) is 9.39. The fraction of sp³-hybridized carbons (Fsp3) is 0.200. The van der Waals surface area contributed by atoms with Gasteiger partial charge in [-0.3, -0.25) is 0 Å². The van der Waals surface area contributed by atoms with Crippen molar-refractivity contribution in [1.82, 2.24) is 0 Å². The highest BCUT2D eigenvalue weighted by atomic mass is 16.5. The molecular weight excluding hydrogens is 403 g/mol. The number of rotatable bonds is 7. The van der Waals surface area contributed by atoms with Crippen molar-refractivity contribution in [2.45, 2.75) is 38.9 Å². The number of hydrogen-bond donors (Lipinski definition) is 1. The Bertz CT molecular complexity index is 1190. The molecule has 165 valence electrons. The highest BCUT2D eigenvalue weighted by Gasteiger charge is 2.36. The molecule has 1 N–H and O–H groups in total. The maximum absolute atomic E-state index is 10.6. The molecule has 0 aliphatic rings. The Kier molecular flexibility index (Phi) is 6.55. The molecule has 4 aromatic rings. The predicted molar refractivity (Wildman–Crippen MR) is 140 cm³/mol. The molecule has 1 radical (unpaired) electrons. The molecule has 33 heavy (non-hydrogen) atoms. The largest absolute Gasteiger partial charge is 0.427 e. The van der Waals surface area contributed by atoms with Crippen LogP contribution in [0.3, 0.4) is 0 Å². The Hall–Kier alpha value is -3.14. The van der Waals surface area contributed by atoms with Gasteiger partial charge in [-0.1, -0.05) is 97.1 Å². The molecule has 0 heterocycles. The van der Waals surface area contributed by atoms with E-state index in [1.807, 2.05) is 32.0 Å². The summed E-state index contributed by atoms with van der Waals surface area (Å²) in [7, 11) is 1.80. The molecular formula is C30H30BO2. The highest BCUT2D eigenvalue weighted by molar-refractivity contribution is 6.50. The first-order valence-corrected chi connectivity index (χ1v) is 11.3. The molecule has 0 spiro atoms. The first kappa shape index (κ1) is 23.0. The first-order valence-electron chi connectivity index (χ1n) is 11.3. The molecule has 0 aromatic heterocycles. The summed E-state index contributed by atoms with van der Waals surface area (Å²) >= 11 is 0. The van der Waals surface area contributed by atoms with Crippen molar-refractivity contribution in [3.63, 3.8) is 0 Å². The molecule has 0 amide bonds. The third-order valence-corrected chi connectivity index (χ3v) is 6.38. The predicted octanol–water partition coefficient (Wildman–Crippen LogP) is 6.50. The smallest absolute Gasteiger partial charge is 0.331 e. The molecule has 2 nitrogen and oxygen atoms in total. The van der Waals surface area contributed by atoms with Crippen LogP contribution in [0.4, 0.5) is 0 Å². The molecule has 0 aliphatic heterocycles. The van der Waals surface area contributed by atoms with Crippen LogP contribution in [0.25, 0.3) is 33.4 Å². The molecule has 0 atom stereocenters. The Balaban J connectivity index is 1.94. The quantitative estimate of drug-likeness (QED) is 0.337. The Morgan fingerprint density at radius 1 is 0.606 bits per heavy atom. The fourth-order valence-corrected chi connectivity index (χ4v) is 3.68. The molecule has 4 aromatic carbocycles. The molecule has 0 saturated carbocycles. The highest BCUT2D eigenvalue weighted by Crippen LogP contribution is 2.35. The van der Waals surface area contributed by atoms with Gasteiger partial charge in [-0.2, -0.15) is 0 Å². The van der Waals surface area contributed by atoms with Crippen molar-refractivity contribution < 1.29 is 9.76 Å². The minimum Gasteiger partial charge on any atom is -0.427 e. The van der Waals surface area contributed by atoms with Gasteiger partial charge in [0.2, 0.25) is 0 Å². The average molecular weight is 433 g/mol. The van der Waals surface area contributed by atoms with E-state index in [2.05, 4.69) is 84.9 Å². The lowest BCUT2D eigenvalue weighted by Gasteiger charge is -2.37. The van der Waals surface area contributed by atoms with Crippen LogP contribution in [0.5, 0.6) is 0 Å². The molecule has 0 unspecified atom stereocenters. The summed E-state index contributed by atoms with van der Waals surface area (Å²) < 4.78 is 6.25. The van der Waals surface area contributed by atoms with E-state index in [9.17, 15) is 5.11 Å². The van der Waals surface area contributed by atoms with Crippen LogP contribution < -0.4 is 5.46 Å². The average Bonchev–Trinajstić information content (AvgIpc) is 2.83. The van der Waals surface area contributed by atoms with E-state index in [1.54, 1.807) is 21.3 Å². The van der Waals surface area contributed by atoms with Gasteiger partial charge in [0.1, 0.15) is 0 Å². The maximum atomic E-state index is 10.6. The Morgan fingerprint density at radius 3 is 1.61 bits per heavy atom. The van der Waals surface area contributed by atoms with Gasteiger partial charge in [0.15, 0.2) is 0 Å². The summed E-state index contributed by atoms with van der Waals surface area (Å²) in [5.41, 5.74) is 5.96. The van der Waals surface area contributed by atoms with Crippen LogP contribution in [-0.2, 0) is 4.65 Å². The summed E-state index contributed by atoms with van der Waals surface area (Å²) in [6.07, 6.45) is 0. The van der Waals surface area contributed by atoms with Gasteiger partial charge >= 0.3 is 7.48 Å². The standard InChI is InChI=1S/C30H30BO2/c1-29(2,32)30(3,4)33-31-27-21-25(22-14-8-5-9-15-22)20-26(23-16-10-6-11-17-23)28(27)24-18-12-7-13-19-24/h5-21,32H,1-4H3. The Morgan fingerprint density at radius 2 is 1.09 bits per heavy atom. The third kappa shape index (κ3) is 5.11. The maximum Gasteiger partial charge on any atom is 0.331 e. The summed E-state index contributed by atoms with van der Waals surface area (Å²) in [6.45, 7) is 7.36. The van der Waals surface area contributed by atoms with Crippen LogP contribution in [-0.4, -0.2) is 23.8 Å². The van der Waals surface area contributed by atoms with Crippen molar-refractivity contribution in [2.75, 3.05) is 0 Å². The van der Waals surface area contributed by atoms with Gasteiger partial charge < -0.3 is 9.76 Å². The lowest BCUT2D eigenvalue weighted by atomic mass is 9.75. The van der Waals surface area contributed by atoms with Gasteiger partial charge in [-0.05, 0) is 72.6 Å². The van der Waals surface area contributed by atoms with E-state index >= 15 is 0 Å². The zero-order chi connectivity index (χ0) is 23.5. The zero-order valence-electron chi connectivity index (χ0n) is 19.7. The van der Waals surface area contributed by atoms with Crippen molar-refractivity contribution in [3.05, 3.63) is 103 Å². The SMILES string of the molecule is CC(C)(O)C(C)(C)O[B]c1cc(-c2ccccc2)cc(-c2ccccc2)c1-c1ccccc1. The van der Waals surface area contributed by atoms with Gasteiger partial charge in [-0.25, -0.2) is 0 Å². The van der Waals surface area contributed by atoms with Crippen LogP contribution in [0, 0.1) is 0 Å². The number of hydrogen-bond acceptors (Lipinski definition) is 2. The minimum atomic E-state index is -1.00. The van der Waals surface area contributed by atoms with E-state index in [4.69, 9.17) is 4.65 Å². The number of benzene rings is 4. The normalized spacial score (nSPS) is 11.9. The summed E-state index contributed by atoms with van der Waals surface area (Å²) in [5.74, 6) is 0. The topological polar surface area (TPSA) is 29.5 Å². The van der Waals surface area contributed by atoms with E-state index in [1.165, 1.54) is 0 Å². The second kappa shape index (κ2) is 9.39. The molecule has 0 bridgehead atoms. The van der Waals surface area contributed by atoms with Crippen LogP contribution >= 0.6 is 0 Å². The summed E-state index contributed by atoms with van der Waals surface area (Å²) in [5, 5.41) is 10.6. The first-order chi connectivity index (χ1) is 15.8. The molecule has 4 rings (SSSR count). The van der Waals surface area contributed by atoms with E-state index < -0.39 is 11.2 Å². The number of aliphatic hydroxyl groups is 1. The second-order valence-corrected chi connectivity index (χ2v) is 9.39. The molecule has 0 fully saturated rings. The van der Waals surface area contributed by atoms with Gasteiger partial charge in [-0.15, -0.1) is 0 Å². The van der Waals surface area contributed by atoms with Crippen LogP contribution in [0.2, 0.25) is 0 Å². The Labute approximate surface area is 198 Å². The summed E-state index contributed by atoms with van der Waals surface area (Å²) in [6, 6.07) is 35.7. The third-order valence-electron chi connectivity index (χ3n) is 6.38. The van der Waals surface area contributed by atoms with Crippen LogP contribution in [0.1, 0.15) is 27.7 Å². The van der Waals surface area contributed by atoms with Gasteiger partial charge in [0.25, 0.3) is 0 Å². The molecule has 3 heteroatoms. The van der Waals surface area contributed by atoms with Crippen molar-refractivity contribution in [1.29, 1.82) is 0 Å². The fourth-order valence-electron chi connectivity index (χ4n) is 3.68. The lowest BCUT2D eigenvalue weighted by molar-refractivity contribution is -0.0893. The van der Waals surface area contributed by atoms with Crippen LogP contribution in [0.15, 0.2) is 103 Å².